The molecule has 1 saturated heterocycles. The number of carbonyl (C=O) groups is 2. The van der Waals surface area contributed by atoms with E-state index in [1.165, 1.54) is 49.6 Å². The SMILES string of the molecule is CO/N=C/c1ccc(N2C(=O)C(=O)C(=C(O)c3ccc(OC)cc3)C2c2ccc(F)cc2)cc1. The van der Waals surface area contributed by atoms with Gasteiger partial charge in [-0.05, 0) is 59.7 Å². The summed E-state index contributed by atoms with van der Waals surface area (Å²) in [6.07, 6.45) is 1.50. The van der Waals surface area contributed by atoms with Crippen molar-refractivity contribution in [2.75, 3.05) is 19.1 Å². The van der Waals surface area contributed by atoms with Crippen molar-refractivity contribution < 1.29 is 28.7 Å². The zero-order valence-electron chi connectivity index (χ0n) is 18.4. The van der Waals surface area contributed by atoms with E-state index in [9.17, 15) is 19.1 Å². The summed E-state index contributed by atoms with van der Waals surface area (Å²) < 4.78 is 18.8. The molecule has 0 aliphatic carbocycles. The molecule has 0 spiro atoms. The number of ether oxygens (including phenoxy) is 1. The number of carbonyl (C=O) groups excluding carboxylic acids is 2. The molecule has 0 saturated carbocycles. The van der Waals surface area contributed by atoms with Gasteiger partial charge < -0.3 is 14.7 Å². The Kier molecular flexibility index (Phi) is 6.40. The predicted molar refractivity (Wildman–Crippen MR) is 125 cm³/mol. The van der Waals surface area contributed by atoms with Crippen LogP contribution in [-0.4, -0.2) is 37.2 Å². The Morgan fingerprint density at radius 1 is 0.971 bits per heavy atom. The highest BCUT2D eigenvalue weighted by Gasteiger charge is 2.46. The van der Waals surface area contributed by atoms with Crippen LogP contribution in [0.2, 0.25) is 0 Å². The fourth-order valence-corrected chi connectivity index (χ4v) is 3.80. The number of aliphatic hydroxyl groups excluding tert-OH is 1. The maximum atomic E-state index is 13.6. The minimum absolute atomic E-state index is 0.0909. The summed E-state index contributed by atoms with van der Waals surface area (Å²) in [6, 6.07) is 17.7. The van der Waals surface area contributed by atoms with Crippen LogP contribution in [0.25, 0.3) is 5.76 Å². The molecule has 1 amide bonds. The maximum Gasteiger partial charge on any atom is 0.300 e. The van der Waals surface area contributed by atoms with Crippen molar-refractivity contribution in [2.45, 2.75) is 6.04 Å². The Bertz CT molecular complexity index is 1270. The molecule has 0 aromatic heterocycles. The summed E-state index contributed by atoms with van der Waals surface area (Å²) in [5, 5.41) is 14.8. The van der Waals surface area contributed by atoms with E-state index in [4.69, 9.17) is 4.74 Å². The highest BCUT2D eigenvalue weighted by atomic mass is 19.1. The first kappa shape index (κ1) is 22.7. The lowest BCUT2D eigenvalue weighted by Crippen LogP contribution is -2.29. The standard InChI is InChI=1S/C26H21FN2O5/c1-33-21-13-7-18(8-14-21)24(30)22-23(17-5-9-19(27)10-6-17)29(26(32)25(22)31)20-11-3-16(4-12-20)15-28-34-2/h3-15,23,30H,1-2H3/b24-22?,28-15+. The fourth-order valence-electron chi connectivity index (χ4n) is 3.80. The van der Waals surface area contributed by atoms with Crippen molar-refractivity contribution in [3.8, 4) is 5.75 Å². The van der Waals surface area contributed by atoms with Gasteiger partial charge >= 0.3 is 0 Å². The molecule has 1 fully saturated rings. The van der Waals surface area contributed by atoms with Crippen LogP contribution >= 0.6 is 0 Å². The number of amides is 1. The molecule has 1 heterocycles. The monoisotopic (exact) mass is 460 g/mol. The van der Waals surface area contributed by atoms with Gasteiger partial charge in [-0.2, -0.15) is 0 Å². The first-order valence-electron chi connectivity index (χ1n) is 10.3. The number of aliphatic hydroxyl groups is 1. The van der Waals surface area contributed by atoms with Gasteiger partial charge in [0.1, 0.15) is 24.4 Å². The lowest BCUT2D eigenvalue weighted by molar-refractivity contribution is -0.132. The molecule has 0 bridgehead atoms. The summed E-state index contributed by atoms with van der Waals surface area (Å²) >= 11 is 0. The Labute approximate surface area is 195 Å². The minimum atomic E-state index is -0.957. The van der Waals surface area contributed by atoms with Crippen LogP contribution in [0.15, 0.2) is 83.5 Å². The fraction of sp³-hybridized carbons (Fsp3) is 0.115. The second-order valence-electron chi connectivity index (χ2n) is 7.46. The highest BCUT2D eigenvalue weighted by Crippen LogP contribution is 2.42. The zero-order valence-corrected chi connectivity index (χ0v) is 18.4. The number of rotatable bonds is 6. The van der Waals surface area contributed by atoms with Crippen LogP contribution in [0, 0.1) is 5.82 Å². The van der Waals surface area contributed by atoms with Gasteiger partial charge in [-0.3, -0.25) is 14.5 Å². The first-order valence-corrected chi connectivity index (χ1v) is 10.3. The number of nitrogens with zero attached hydrogens (tertiary/aromatic N) is 2. The molecule has 172 valence electrons. The van der Waals surface area contributed by atoms with Gasteiger partial charge in [0.15, 0.2) is 0 Å². The van der Waals surface area contributed by atoms with Crippen LogP contribution in [0.5, 0.6) is 5.75 Å². The van der Waals surface area contributed by atoms with Crippen LogP contribution in [0.1, 0.15) is 22.7 Å². The number of halogens is 1. The summed E-state index contributed by atoms with van der Waals surface area (Å²) in [7, 11) is 2.94. The first-order chi connectivity index (χ1) is 16.4. The van der Waals surface area contributed by atoms with Gasteiger partial charge in [0.25, 0.3) is 11.7 Å². The number of ketones is 1. The van der Waals surface area contributed by atoms with Gasteiger partial charge in [-0.25, -0.2) is 4.39 Å². The summed E-state index contributed by atoms with van der Waals surface area (Å²) in [5.41, 5.74) is 1.88. The van der Waals surface area contributed by atoms with E-state index in [0.717, 1.165) is 5.56 Å². The Morgan fingerprint density at radius 2 is 1.62 bits per heavy atom. The predicted octanol–water partition coefficient (Wildman–Crippen LogP) is 4.44. The molecule has 3 aromatic rings. The van der Waals surface area contributed by atoms with Gasteiger partial charge in [0.05, 0.1) is 24.9 Å². The van der Waals surface area contributed by atoms with Crippen LogP contribution in [-0.2, 0) is 14.4 Å². The topological polar surface area (TPSA) is 88.4 Å². The second-order valence-corrected chi connectivity index (χ2v) is 7.46. The lowest BCUT2D eigenvalue weighted by atomic mass is 9.95. The average molecular weight is 460 g/mol. The maximum absolute atomic E-state index is 13.6. The van der Waals surface area contributed by atoms with E-state index in [1.54, 1.807) is 48.5 Å². The van der Waals surface area contributed by atoms with Crippen LogP contribution in [0.3, 0.4) is 0 Å². The normalized spacial score (nSPS) is 17.4. The van der Waals surface area contributed by atoms with Crippen LogP contribution in [0.4, 0.5) is 10.1 Å². The molecular weight excluding hydrogens is 439 g/mol. The van der Waals surface area contributed by atoms with E-state index >= 15 is 0 Å². The highest BCUT2D eigenvalue weighted by molar-refractivity contribution is 6.51. The summed E-state index contributed by atoms with van der Waals surface area (Å²) in [4.78, 5) is 32.3. The zero-order chi connectivity index (χ0) is 24.2. The third kappa shape index (κ3) is 4.25. The van der Waals surface area contributed by atoms with Gasteiger partial charge in [0, 0.05) is 11.3 Å². The number of hydrogen-bond donors (Lipinski definition) is 1. The van der Waals surface area contributed by atoms with E-state index in [2.05, 4.69) is 9.99 Å². The van der Waals surface area contributed by atoms with Crippen molar-refractivity contribution in [1.29, 1.82) is 0 Å². The molecule has 1 aliphatic heterocycles. The van der Waals surface area contributed by atoms with Crippen LogP contribution < -0.4 is 9.64 Å². The largest absolute Gasteiger partial charge is 0.507 e. The Balaban J connectivity index is 1.85. The molecule has 1 N–H and O–H groups in total. The molecule has 0 radical (unpaired) electrons. The number of Topliss-reactive ketones (excluding diaryl/α,β-unsaturated/α-hetero) is 1. The van der Waals surface area contributed by atoms with Crippen molar-refractivity contribution in [2.24, 2.45) is 5.16 Å². The third-order valence-electron chi connectivity index (χ3n) is 5.47. The smallest absolute Gasteiger partial charge is 0.300 e. The molecule has 1 unspecified atom stereocenters. The van der Waals surface area contributed by atoms with E-state index in [-0.39, 0.29) is 11.3 Å². The van der Waals surface area contributed by atoms with Crippen molar-refractivity contribution in [1.82, 2.24) is 0 Å². The Hall–Kier alpha value is -4.46. The van der Waals surface area contributed by atoms with E-state index < -0.39 is 23.5 Å². The Morgan fingerprint density at radius 3 is 2.21 bits per heavy atom. The molecule has 3 aromatic carbocycles. The molecule has 8 heteroatoms. The molecule has 4 rings (SSSR count). The number of anilines is 1. The number of methoxy groups -OCH3 is 1. The van der Waals surface area contributed by atoms with Crippen molar-refractivity contribution >= 4 is 29.4 Å². The number of benzene rings is 3. The second kappa shape index (κ2) is 9.58. The summed E-state index contributed by atoms with van der Waals surface area (Å²) in [5.74, 6) is -1.86. The molecule has 1 aliphatic rings. The minimum Gasteiger partial charge on any atom is -0.507 e. The van der Waals surface area contributed by atoms with Crippen molar-refractivity contribution in [3.63, 3.8) is 0 Å². The molecule has 1 atom stereocenters. The van der Waals surface area contributed by atoms with Gasteiger partial charge in [-0.1, -0.05) is 29.4 Å². The third-order valence-corrected chi connectivity index (χ3v) is 5.47. The van der Waals surface area contributed by atoms with Gasteiger partial charge in [-0.15, -0.1) is 0 Å². The lowest BCUT2D eigenvalue weighted by Gasteiger charge is -2.25. The molecular formula is C26H21FN2O5. The average Bonchev–Trinajstić information content (AvgIpc) is 3.13. The summed E-state index contributed by atoms with van der Waals surface area (Å²) in [6.45, 7) is 0. The number of oxime groups is 1. The van der Waals surface area contributed by atoms with Crippen molar-refractivity contribution in [3.05, 3.63) is 101 Å². The van der Waals surface area contributed by atoms with E-state index in [1.807, 2.05) is 0 Å². The number of hydrogen-bond acceptors (Lipinski definition) is 6. The molecule has 7 nitrogen and oxygen atoms in total. The molecule has 34 heavy (non-hydrogen) atoms. The van der Waals surface area contributed by atoms with Gasteiger partial charge in [0.2, 0.25) is 0 Å². The van der Waals surface area contributed by atoms with E-state index in [0.29, 0.717) is 22.6 Å². The quantitative estimate of drug-likeness (QED) is 0.193.